The fourth-order valence-electron chi connectivity index (χ4n) is 1.81. The quantitative estimate of drug-likeness (QED) is 0.846. The molecule has 20 heavy (non-hydrogen) atoms. The van der Waals surface area contributed by atoms with E-state index < -0.39 is 11.9 Å². The van der Waals surface area contributed by atoms with Gasteiger partial charge in [0, 0.05) is 6.21 Å². The summed E-state index contributed by atoms with van der Waals surface area (Å²) in [4.78, 5) is 15.8. The molecule has 2 aromatic carbocycles. The van der Waals surface area contributed by atoms with E-state index in [1.165, 1.54) is 0 Å². The molecule has 1 amide bonds. The molecule has 0 spiro atoms. The molecule has 0 heterocycles. The lowest BCUT2D eigenvalue weighted by molar-refractivity contribution is -0.119. The van der Waals surface area contributed by atoms with Crippen LogP contribution in [0.2, 0.25) is 0 Å². The van der Waals surface area contributed by atoms with Crippen LogP contribution in [-0.4, -0.2) is 19.2 Å². The van der Waals surface area contributed by atoms with Crippen LogP contribution in [0.4, 0.5) is 0 Å². The Labute approximate surface area is 117 Å². The third-order valence-electron chi connectivity index (χ3n) is 2.87. The molecule has 4 heteroatoms. The SMILES string of the molecule is COc1ccc([C@H](N=Cc2ccccc2)C(N)=O)cc1. The highest BCUT2D eigenvalue weighted by atomic mass is 16.5. The van der Waals surface area contributed by atoms with Crippen LogP contribution in [0.1, 0.15) is 17.2 Å². The molecular weight excluding hydrogens is 252 g/mol. The number of methoxy groups -OCH3 is 1. The third kappa shape index (κ3) is 3.45. The van der Waals surface area contributed by atoms with Gasteiger partial charge in [-0.2, -0.15) is 0 Å². The summed E-state index contributed by atoms with van der Waals surface area (Å²) in [6, 6.07) is 16.0. The predicted octanol–water partition coefficient (Wildman–Crippen LogP) is 2.34. The molecule has 2 aromatic rings. The molecule has 0 fully saturated rings. The highest BCUT2D eigenvalue weighted by Crippen LogP contribution is 2.20. The number of amides is 1. The number of carbonyl (C=O) groups excluding carboxylic acids is 1. The molecule has 0 aliphatic rings. The number of hydrogen-bond acceptors (Lipinski definition) is 3. The van der Waals surface area contributed by atoms with Gasteiger partial charge in [-0.05, 0) is 23.3 Å². The lowest BCUT2D eigenvalue weighted by Crippen LogP contribution is -2.20. The maximum absolute atomic E-state index is 11.6. The van der Waals surface area contributed by atoms with Crippen molar-refractivity contribution in [3.63, 3.8) is 0 Å². The molecule has 4 nitrogen and oxygen atoms in total. The van der Waals surface area contributed by atoms with Crippen molar-refractivity contribution in [1.29, 1.82) is 0 Å². The zero-order valence-electron chi connectivity index (χ0n) is 11.2. The van der Waals surface area contributed by atoms with E-state index in [0.29, 0.717) is 0 Å². The molecule has 2 N–H and O–H groups in total. The van der Waals surface area contributed by atoms with Crippen molar-refractivity contribution in [2.45, 2.75) is 6.04 Å². The Morgan fingerprint density at radius 2 is 1.80 bits per heavy atom. The standard InChI is InChI=1S/C16H16N2O2/c1-20-14-9-7-13(8-10-14)15(16(17)19)18-11-12-5-3-2-4-6-12/h2-11,15H,1H3,(H2,17,19)/t15-/m0/s1. The number of rotatable bonds is 5. The molecule has 102 valence electrons. The van der Waals surface area contributed by atoms with Crippen molar-refractivity contribution in [2.75, 3.05) is 7.11 Å². The molecular formula is C16H16N2O2. The van der Waals surface area contributed by atoms with E-state index in [0.717, 1.165) is 16.9 Å². The first-order chi connectivity index (χ1) is 9.70. The van der Waals surface area contributed by atoms with E-state index in [1.54, 1.807) is 37.6 Å². The van der Waals surface area contributed by atoms with E-state index in [1.807, 2.05) is 30.3 Å². The van der Waals surface area contributed by atoms with Gasteiger partial charge in [0.05, 0.1) is 7.11 Å². The number of carbonyl (C=O) groups is 1. The smallest absolute Gasteiger partial charge is 0.246 e. The number of ether oxygens (including phenoxy) is 1. The lowest BCUT2D eigenvalue weighted by atomic mass is 10.1. The zero-order chi connectivity index (χ0) is 14.4. The van der Waals surface area contributed by atoms with Crippen molar-refractivity contribution in [3.05, 3.63) is 65.7 Å². The van der Waals surface area contributed by atoms with Gasteiger partial charge in [-0.1, -0.05) is 42.5 Å². The topological polar surface area (TPSA) is 64.7 Å². The fourth-order valence-corrected chi connectivity index (χ4v) is 1.81. The normalized spacial score (nSPS) is 12.2. The average molecular weight is 268 g/mol. The van der Waals surface area contributed by atoms with Crippen LogP contribution < -0.4 is 10.5 Å². The molecule has 2 rings (SSSR count). The van der Waals surface area contributed by atoms with E-state index in [9.17, 15) is 4.79 Å². The van der Waals surface area contributed by atoms with Crippen LogP contribution in [-0.2, 0) is 4.79 Å². The average Bonchev–Trinajstić information content (AvgIpc) is 2.49. The summed E-state index contributed by atoms with van der Waals surface area (Å²) in [6.07, 6.45) is 1.65. The lowest BCUT2D eigenvalue weighted by Gasteiger charge is -2.09. The van der Waals surface area contributed by atoms with Crippen molar-refractivity contribution in [1.82, 2.24) is 0 Å². The summed E-state index contributed by atoms with van der Waals surface area (Å²) in [5.74, 6) is 0.242. The summed E-state index contributed by atoms with van der Waals surface area (Å²) in [6.45, 7) is 0. The first kappa shape index (κ1) is 13.8. The first-order valence-electron chi connectivity index (χ1n) is 6.22. The Morgan fingerprint density at radius 3 is 2.35 bits per heavy atom. The maximum atomic E-state index is 11.6. The zero-order valence-corrected chi connectivity index (χ0v) is 11.2. The van der Waals surface area contributed by atoms with Crippen LogP contribution in [0, 0.1) is 0 Å². The predicted molar refractivity (Wildman–Crippen MR) is 79.0 cm³/mol. The number of benzene rings is 2. The van der Waals surface area contributed by atoms with Crippen LogP contribution in [0.15, 0.2) is 59.6 Å². The Kier molecular flexibility index (Phi) is 4.50. The van der Waals surface area contributed by atoms with Gasteiger partial charge in [-0.25, -0.2) is 0 Å². The summed E-state index contributed by atoms with van der Waals surface area (Å²) >= 11 is 0. The minimum Gasteiger partial charge on any atom is -0.497 e. The van der Waals surface area contributed by atoms with Crippen LogP contribution in [0.25, 0.3) is 0 Å². The molecule has 0 saturated carbocycles. The maximum Gasteiger partial charge on any atom is 0.246 e. The Balaban J connectivity index is 2.22. The molecule has 1 atom stereocenters. The number of primary amides is 1. The molecule has 0 radical (unpaired) electrons. The van der Waals surface area contributed by atoms with Crippen molar-refractivity contribution < 1.29 is 9.53 Å². The Morgan fingerprint density at radius 1 is 1.15 bits per heavy atom. The number of aliphatic imine (C=N–C) groups is 1. The third-order valence-corrected chi connectivity index (χ3v) is 2.87. The molecule has 0 aliphatic carbocycles. The molecule has 0 aliphatic heterocycles. The highest BCUT2D eigenvalue weighted by Gasteiger charge is 2.15. The number of nitrogens with zero attached hydrogens (tertiary/aromatic N) is 1. The van der Waals surface area contributed by atoms with Crippen LogP contribution >= 0.6 is 0 Å². The second kappa shape index (κ2) is 6.52. The minimum atomic E-state index is -0.693. The largest absolute Gasteiger partial charge is 0.497 e. The second-order valence-corrected chi connectivity index (χ2v) is 4.27. The van der Waals surface area contributed by atoms with Gasteiger partial charge in [-0.3, -0.25) is 9.79 Å². The van der Waals surface area contributed by atoms with Crippen molar-refractivity contribution in [3.8, 4) is 5.75 Å². The van der Waals surface area contributed by atoms with Gasteiger partial charge in [0.2, 0.25) is 5.91 Å². The minimum absolute atomic E-state index is 0.484. The first-order valence-corrected chi connectivity index (χ1v) is 6.22. The van der Waals surface area contributed by atoms with E-state index >= 15 is 0 Å². The summed E-state index contributed by atoms with van der Waals surface area (Å²) in [5.41, 5.74) is 7.08. The summed E-state index contributed by atoms with van der Waals surface area (Å²) in [5, 5.41) is 0. The van der Waals surface area contributed by atoms with E-state index in [-0.39, 0.29) is 0 Å². The second-order valence-electron chi connectivity index (χ2n) is 4.27. The van der Waals surface area contributed by atoms with Gasteiger partial charge in [0.1, 0.15) is 5.75 Å². The summed E-state index contributed by atoms with van der Waals surface area (Å²) in [7, 11) is 1.59. The van der Waals surface area contributed by atoms with Crippen molar-refractivity contribution >= 4 is 12.1 Å². The van der Waals surface area contributed by atoms with Gasteiger partial charge in [0.15, 0.2) is 6.04 Å². The highest BCUT2D eigenvalue weighted by molar-refractivity contribution is 5.86. The van der Waals surface area contributed by atoms with Crippen LogP contribution in [0.3, 0.4) is 0 Å². The van der Waals surface area contributed by atoms with Gasteiger partial charge in [0.25, 0.3) is 0 Å². The van der Waals surface area contributed by atoms with E-state index in [2.05, 4.69) is 4.99 Å². The molecule has 0 unspecified atom stereocenters. The Hall–Kier alpha value is -2.62. The Bertz CT molecular complexity index is 592. The fraction of sp³-hybridized carbons (Fsp3) is 0.125. The van der Waals surface area contributed by atoms with Gasteiger partial charge < -0.3 is 10.5 Å². The van der Waals surface area contributed by atoms with Crippen molar-refractivity contribution in [2.24, 2.45) is 10.7 Å². The summed E-state index contributed by atoms with van der Waals surface area (Å²) < 4.78 is 5.08. The van der Waals surface area contributed by atoms with Gasteiger partial charge in [-0.15, -0.1) is 0 Å². The van der Waals surface area contributed by atoms with E-state index in [4.69, 9.17) is 10.5 Å². The monoisotopic (exact) mass is 268 g/mol. The molecule has 0 aromatic heterocycles. The van der Waals surface area contributed by atoms with Crippen LogP contribution in [0.5, 0.6) is 5.75 Å². The number of nitrogens with two attached hydrogens (primary N) is 1. The van der Waals surface area contributed by atoms with Gasteiger partial charge >= 0.3 is 0 Å². The molecule has 0 saturated heterocycles. The molecule has 0 bridgehead atoms. The number of hydrogen-bond donors (Lipinski definition) is 1.